The first-order chi connectivity index (χ1) is 12.5. The highest BCUT2D eigenvalue weighted by Gasteiger charge is 2.13. The van der Waals surface area contributed by atoms with Crippen LogP contribution < -0.4 is 5.32 Å². The number of thiophene rings is 2. The van der Waals surface area contributed by atoms with Crippen molar-refractivity contribution in [2.45, 2.75) is 26.2 Å². The second-order valence-corrected chi connectivity index (χ2v) is 7.73. The van der Waals surface area contributed by atoms with Gasteiger partial charge in [-0.2, -0.15) is 0 Å². The van der Waals surface area contributed by atoms with Crippen molar-refractivity contribution in [3.8, 4) is 0 Å². The van der Waals surface area contributed by atoms with E-state index in [1.54, 1.807) is 18.2 Å². The molecule has 0 aliphatic carbocycles. The highest BCUT2D eigenvalue weighted by Crippen LogP contribution is 2.15. The molecular formula is C18H19NO5S2. The predicted molar refractivity (Wildman–Crippen MR) is 99.9 cm³/mol. The second kappa shape index (κ2) is 9.98. The fourth-order valence-electron chi connectivity index (χ4n) is 2.05. The molecule has 2 heterocycles. The van der Waals surface area contributed by atoms with Gasteiger partial charge < -0.3 is 10.1 Å². The van der Waals surface area contributed by atoms with Gasteiger partial charge in [0.1, 0.15) is 0 Å². The maximum Gasteiger partial charge on any atom is 0.308 e. The fraction of sp³-hybridized carbons (Fsp3) is 0.333. The van der Waals surface area contributed by atoms with Gasteiger partial charge in [-0.25, -0.2) is 0 Å². The summed E-state index contributed by atoms with van der Waals surface area (Å²) in [6.45, 7) is 1.70. The molecule has 0 saturated carbocycles. The molecule has 0 saturated heterocycles. The van der Waals surface area contributed by atoms with E-state index in [1.807, 2.05) is 18.4 Å². The Morgan fingerprint density at radius 1 is 1.00 bits per heavy atom. The van der Waals surface area contributed by atoms with Gasteiger partial charge in [0.25, 0.3) is 0 Å². The Hall–Kier alpha value is -2.32. The van der Waals surface area contributed by atoms with E-state index < -0.39 is 5.97 Å². The molecule has 0 atom stereocenters. The molecule has 138 valence electrons. The summed E-state index contributed by atoms with van der Waals surface area (Å²) < 4.78 is 4.91. The SMILES string of the molecule is Cc1ccc(C(=O)COC(=O)CCNC(=O)CCC(=O)c2cccs2)s1. The van der Waals surface area contributed by atoms with Crippen molar-refractivity contribution in [1.29, 1.82) is 0 Å². The number of ether oxygens (including phenoxy) is 1. The minimum Gasteiger partial charge on any atom is -0.457 e. The zero-order valence-electron chi connectivity index (χ0n) is 14.3. The van der Waals surface area contributed by atoms with Gasteiger partial charge in [0, 0.05) is 24.3 Å². The number of aryl methyl sites for hydroxylation is 1. The quantitative estimate of drug-likeness (QED) is 0.495. The third kappa shape index (κ3) is 6.53. The second-order valence-electron chi connectivity index (χ2n) is 5.49. The number of carbonyl (C=O) groups excluding carboxylic acids is 4. The highest BCUT2D eigenvalue weighted by molar-refractivity contribution is 7.14. The third-order valence-corrected chi connectivity index (χ3v) is 5.36. The van der Waals surface area contributed by atoms with E-state index in [1.165, 1.54) is 22.7 Å². The Kier molecular flexibility index (Phi) is 7.68. The largest absolute Gasteiger partial charge is 0.457 e. The normalized spacial score (nSPS) is 10.3. The molecule has 1 amide bonds. The van der Waals surface area contributed by atoms with Gasteiger partial charge in [-0.1, -0.05) is 6.07 Å². The average molecular weight is 393 g/mol. The molecule has 0 radical (unpaired) electrons. The minimum atomic E-state index is -0.554. The number of esters is 1. The van der Waals surface area contributed by atoms with Crippen LogP contribution in [0.3, 0.4) is 0 Å². The van der Waals surface area contributed by atoms with Crippen molar-refractivity contribution in [2.75, 3.05) is 13.2 Å². The number of hydrogen-bond donors (Lipinski definition) is 1. The molecule has 0 aromatic carbocycles. The first-order valence-corrected chi connectivity index (χ1v) is 9.74. The van der Waals surface area contributed by atoms with Crippen LogP contribution >= 0.6 is 22.7 Å². The van der Waals surface area contributed by atoms with E-state index >= 15 is 0 Å². The standard InChI is InChI=1S/C18H19NO5S2/c1-12-4-6-16(26-12)14(21)11-24-18(23)8-9-19-17(22)7-5-13(20)15-3-2-10-25-15/h2-4,6,10H,5,7-9,11H2,1H3,(H,19,22). The van der Waals surface area contributed by atoms with E-state index in [9.17, 15) is 19.2 Å². The summed E-state index contributed by atoms with van der Waals surface area (Å²) in [5.74, 6) is -1.17. The van der Waals surface area contributed by atoms with Crippen LogP contribution in [0.5, 0.6) is 0 Å². The number of nitrogens with one attached hydrogen (secondary N) is 1. The molecule has 2 rings (SSSR count). The van der Waals surface area contributed by atoms with Crippen molar-refractivity contribution in [3.05, 3.63) is 44.3 Å². The zero-order chi connectivity index (χ0) is 18.9. The minimum absolute atomic E-state index is 0.0264. The number of Topliss-reactive ketones (excluding diaryl/α,β-unsaturated/α-hetero) is 2. The molecule has 8 heteroatoms. The fourth-order valence-corrected chi connectivity index (χ4v) is 3.54. The summed E-state index contributed by atoms with van der Waals surface area (Å²) in [5, 5.41) is 4.37. The highest BCUT2D eigenvalue weighted by atomic mass is 32.1. The lowest BCUT2D eigenvalue weighted by Gasteiger charge is -2.05. The summed E-state index contributed by atoms with van der Waals surface area (Å²) in [6.07, 6.45) is 0.175. The van der Waals surface area contributed by atoms with Gasteiger partial charge in [-0.3, -0.25) is 19.2 Å². The van der Waals surface area contributed by atoms with Crippen LogP contribution in [0.4, 0.5) is 0 Å². The van der Waals surface area contributed by atoms with Crippen LogP contribution in [0, 0.1) is 6.92 Å². The van der Waals surface area contributed by atoms with E-state index in [0.717, 1.165) is 4.88 Å². The van der Waals surface area contributed by atoms with Crippen LogP contribution in [0.1, 0.15) is 43.5 Å². The van der Waals surface area contributed by atoms with Gasteiger partial charge in [0.2, 0.25) is 11.7 Å². The van der Waals surface area contributed by atoms with E-state index in [2.05, 4.69) is 5.32 Å². The van der Waals surface area contributed by atoms with Crippen LogP contribution in [0.15, 0.2) is 29.6 Å². The summed E-state index contributed by atoms with van der Waals surface area (Å²) in [4.78, 5) is 49.1. The molecule has 0 unspecified atom stereocenters. The van der Waals surface area contributed by atoms with Gasteiger partial charge in [0.05, 0.1) is 16.2 Å². The molecule has 0 aliphatic heterocycles. The molecular weight excluding hydrogens is 374 g/mol. The third-order valence-electron chi connectivity index (χ3n) is 3.41. The molecule has 6 nitrogen and oxygen atoms in total. The molecule has 0 spiro atoms. The van der Waals surface area contributed by atoms with E-state index in [4.69, 9.17) is 4.74 Å². The number of ketones is 2. The molecule has 0 fully saturated rings. The first-order valence-electron chi connectivity index (χ1n) is 8.04. The van der Waals surface area contributed by atoms with Gasteiger partial charge in [-0.05, 0) is 30.5 Å². The number of amides is 1. The average Bonchev–Trinajstić information content (AvgIpc) is 3.29. The Labute approximate surface area is 159 Å². The van der Waals surface area contributed by atoms with Gasteiger partial charge in [0.15, 0.2) is 12.4 Å². The maximum atomic E-state index is 11.8. The van der Waals surface area contributed by atoms with Crippen molar-refractivity contribution < 1.29 is 23.9 Å². The molecule has 26 heavy (non-hydrogen) atoms. The van der Waals surface area contributed by atoms with Crippen molar-refractivity contribution in [2.24, 2.45) is 0 Å². The lowest BCUT2D eigenvalue weighted by molar-refractivity contribution is -0.142. The lowest BCUT2D eigenvalue weighted by Crippen LogP contribution is -2.27. The van der Waals surface area contributed by atoms with Crippen molar-refractivity contribution in [1.82, 2.24) is 5.32 Å². The van der Waals surface area contributed by atoms with E-state index in [-0.39, 0.29) is 49.9 Å². The Morgan fingerprint density at radius 2 is 1.81 bits per heavy atom. The predicted octanol–water partition coefficient (Wildman–Crippen LogP) is 3.01. The van der Waals surface area contributed by atoms with Crippen LogP contribution in [0.25, 0.3) is 0 Å². The summed E-state index contributed by atoms with van der Waals surface area (Å²) >= 11 is 2.69. The smallest absolute Gasteiger partial charge is 0.308 e. The maximum absolute atomic E-state index is 11.8. The van der Waals surface area contributed by atoms with Gasteiger partial charge in [-0.15, -0.1) is 22.7 Å². The molecule has 2 aromatic rings. The summed E-state index contributed by atoms with van der Waals surface area (Å²) in [5.41, 5.74) is 0. The number of hydrogen-bond acceptors (Lipinski definition) is 7. The number of carbonyl (C=O) groups is 4. The van der Waals surface area contributed by atoms with Crippen LogP contribution in [-0.2, 0) is 14.3 Å². The lowest BCUT2D eigenvalue weighted by atomic mass is 10.2. The van der Waals surface area contributed by atoms with Crippen molar-refractivity contribution >= 4 is 46.1 Å². The van der Waals surface area contributed by atoms with Gasteiger partial charge >= 0.3 is 5.97 Å². The molecule has 0 aliphatic rings. The summed E-state index contributed by atoms with van der Waals surface area (Å²) in [6, 6.07) is 7.04. The Morgan fingerprint density at radius 3 is 2.46 bits per heavy atom. The number of rotatable bonds is 10. The monoisotopic (exact) mass is 393 g/mol. The molecule has 0 bridgehead atoms. The van der Waals surface area contributed by atoms with Crippen LogP contribution in [-0.4, -0.2) is 36.6 Å². The summed E-state index contributed by atoms with van der Waals surface area (Å²) in [7, 11) is 0. The Bertz CT molecular complexity index is 779. The molecule has 1 N–H and O–H groups in total. The molecule has 2 aromatic heterocycles. The Balaban J connectivity index is 1.58. The zero-order valence-corrected chi connectivity index (χ0v) is 15.9. The van der Waals surface area contributed by atoms with Crippen molar-refractivity contribution in [3.63, 3.8) is 0 Å². The topological polar surface area (TPSA) is 89.5 Å². The van der Waals surface area contributed by atoms with E-state index in [0.29, 0.717) is 9.75 Å². The van der Waals surface area contributed by atoms with Crippen LogP contribution in [0.2, 0.25) is 0 Å². The first kappa shape index (κ1) is 20.0.